The second kappa shape index (κ2) is 11.2. The lowest BCUT2D eigenvalue weighted by Gasteiger charge is -2.41. The van der Waals surface area contributed by atoms with Crippen LogP contribution in [-0.2, 0) is 10.3 Å². The van der Waals surface area contributed by atoms with Crippen LogP contribution in [0.4, 0.5) is 0 Å². The van der Waals surface area contributed by atoms with Gasteiger partial charge >= 0.3 is 0 Å². The van der Waals surface area contributed by atoms with E-state index in [1.807, 2.05) is 30.3 Å². The van der Waals surface area contributed by atoms with Crippen molar-refractivity contribution in [3.63, 3.8) is 0 Å². The molecule has 180 valence electrons. The number of methoxy groups -OCH3 is 2. The Morgan fingerprint density at radius 3 is 1.82 bits per heavy atom. The van der Waals surface area contributed by atoms with Crippen LogP contribution >= 0.6 is 11.4 Å². The summed E-state index contributed by atoms with van der Waals surface area (Å²) in [5, 5.41) is 10.8. The lowest BCUT2D eigenvalue weighted by Crippen LogP contribution is -2.39. The van der Waals surface area contributed by atoms with Crippen molar-refractivity contribution in [2.45, 2.75) is 49.6 Å². The van der Waals surface area contributed by atoms with Crippen LogP contribution in [0.25, 0.3) is 0 Å². The fourth-order valence-electron chi connectivity index (χ4n) is 4.89. The maximum atomic E-state index is 9.90. The second-order valence-electron chi connectivity index (χ2n) is 8.74. The van der Waals surface area contributed by atoms with E-state index in [-0.39, 0.29) is 6.10 Å². The molecule has 1 aliphatic rings. The van der Waals surface area contributed by atoms with E-state index in [4.69, 9.17) is 14.2 Å². The number of hydrogen-bond donors (Lipinski definition) is 2. The minimum atomic E-state index is -0.790. The van der Waals surface area contributed by atoms with Gasteiger partial charge < -0.3 is 19.3 Å². The van der Waals surface area contributed by atoms with Crippen LogP contribution in [0.15, 0.2) is 78.9 Å². The number of aliphatic hydroxyl groups excluding tert-OH is 1. The van der Waals surface area contributed by atoms with Gasteiger partial charge in [0.1, 0.15) is 17.1 Å². The average Bonchev–Trinajstić information content (AvgIpc) is 2.88. The zero-order valence-corrected chi connectivity index (χ0v) is 21.0. The van der Waals surface area contributed by atoms with E-state index >= 15 is 0 Å². The number of rotatable bonds is 8. The van der Waals surface area contributed by atoms with E-state index < -0.39 is 5.60 Å². The predicted molar refractivity (Wildman–Crippen MR) is 142 cm³/mol. The molecule has 3 aromatic rings. The molecule has 0 bridgehead atoms. The first-order valence-corrected chi connectivity index (χ1v) is 12.8. The lowest BCUT2D eigenvalue weighted by molar-refractivity contribution is -0.0612. The third-order valence-electron chi connectivity index (χ3n) is 6.48. The molecule has 2 atom stereocenters. The van der Waals surface area contributed by atoms with Crippen LogP contribution in [-0.4, -0.2) is 35.7 Å². The molecular formula is C29H34O4S. The molecule has 4 rings (SSSR count). The molecule has 5 heteroatoms. The molecule has 1 N–H and O–H groups in total. The van der Waals surface area contributed by atoms with Gasteiger partial charge in [0, 0.05) is 5.25 Å². The van der Waals surface area contributed by atoms with Gasteiger partial charge in [-0.15, -0.1) is 0 Å². The van der Waals surface area contributed by atoms with E-state index in [2.05, 4.69) is 48.5 Å². The summed E-state index contributed by atoms with van der Waals surface area (Å²) in [5.74, 6) is 1.62. The molecule has 34 heavy (non-hydrogen) atoms. The molecule has 0 aliphatic heterocycles. The second-order valence-corrected chi connectivity index (χ2v) is 10.4. The quantitative estimate of drug-likeness (QED) is 0.220. The monoisotopic (exact) mass is 478 g/mol. The van der Waals surface area contributed by atoms with Crippen molar-refractivity contribution in [2.24, 2.45) is 0 Å². The Labute approximate surface area is 206 Å². The van der Waals surface area contributed by atoms with Gasteiger partial charge in [0.25, 0.3) is 0 Å². The maximum absolute atomic E-state index is 9.90. The van der Waals surface area contributed by atoms with Crippen molar-refractivity contribution in [1.29, 1.82) is 0 Å². The number of aliphatic hydroxyl groups is 1. The molecule has 1 aliphatic carbocycles. The number of hydrogen-bond acceptors (Lipinski definition) is 3. The molecule has 0 heterocycles. The molecule has 1 saturated carbocycles. The van der Waals surface area contributed by atoms with Gasteiger partial charge in [0.05, 0.1) is 25.4 Å². The third-order valence-corrected chi connectivity index (χ3v) is 7.69. The molecule has 0 aromatic heterocycles. The predicted octanol–water partition coefficient (Wildman–Crippen LogP) is 6.50. The summed E-state index contributed by atoms with van der Waals surface area (Å²) in [6, 6.07) is 26.8. The van der Waals surface area contributed by atoms with Gasteiger partial charge in [-0.3, -0.25) is 0 Å². The Morgan fingerprint density at radius 1 is 0.794 bits per heavy atom. The molecule has 2 unspecified atom stereocenters. The molecule has 0 radical (unpaired) electrons. The summed E-state index contributed by atoms with van der Waals surface area (Å²) in [7, 11) is 3.36. The van der Waals surface area contributed by atoms with E-state index in [0.717, 1.165) is 65.2 Å². The molecular weight excluding hydrogens is 444 g/mol. The molecule has 4 nitrogen and oxygen atoms in total. The Bertz CT molecular complexity index is 1030. The van der Waals surface area contributed by atoms with Gasteiger partial charge in [-0.25, -0.2) is 0 Å². The van der Waals surface area contributed by atoms with E-state index in [1.165, 1.54) is 0 Å². The summed E-state index contributed by atoms with van der Waals surface area (Å²) in [6.07, 6.45) is 4.18. The Hall–Kier alpha value is -2.60. The SMILES string of the molecule is COc1ccc(C(OC2CCCC([SH]=C(C)O)C2)(c2ccccc2)c2ccc(OC)cc2)cc1. The van der Waals surface area contributed by atoms with Crippen molar-refractivity contribution in [1.82, 2.24) is 0 Å². The van der Waals surface area contributed by atoms with E-state index in [1.54, 1.807) is 21.1 Å². The number of ether oxygens (including phenoxy) is 3. The molecule has 0 saturated heterocycles. The van der Waals surface area contributed by atoms with Crippen LogP contribution < -0.4 is 9.47 Å². The molecule has 3 aromatic carbocycles. The van der Waals surface area contributed by atoms with Gasteiger partial charge in [-0.05, 0) is 73.6 Å². The first-order valence-electron chi connectivity index (χ1n) is 11.8. The van der Waals surface area contributed by atoms with Crippen molar-refractivity contribution >= 4 is 16.4 Å². The fourth-order valence-corrected chi connectivity index (χ4v) is 6.07. The normalized spacial score (nSPS) is 19.2. The summed E-state index contributed by atoms with van der Waals surface area (Å²) >= 11 is 1.01. The first kappa shape index (κ1) is 24.5. The van der Waals surface area contributed by atoms with Crippen LogP contribution in [0.5, 0.6) is 11.5 Å². The largest absolute Gasteiger partial charge is 0.497 e. The zero-order valence-electron chi connectivity index (χ0n) is 20.1. The van der Waals surface area contributed by atoms with E-state index in [0.29, 0.717) is 10.3 Å². The minimum absolute atomic E-state index is 0.0648. The summed E-state index contributed by atoms with van der Waals surface area (Å²) in [4.78, 5) is 0. The molecule has 0 spiro atoms. The maximum Gasteiger partial charge on any atom is 0.144 e. The molecule has 0 amide bonds. The number of benzene rings is 3. The highest BCUT2D eigenvalue weighted by molar-refractivity contribution is 7.99. The third kappa shape index (κ3) is 5.38. The highest BCUT2D eigenvalue weighted by Gasteiger charge is 2.41. The summed E-state index contributed by atoms with van der Waals surface area (Å²) < 4.78 is 18.1. The van der Waals surface area contributed by atoms with Crippen molar-refractivity contribution < 1.29 is 19.3 Å². The smallest absolute Gasteiger partial charge is 0.144 e. The first-order chi connectivity index (χ1) is 16.5. The Morgan fingerprint density at radius 2 is 1.32 bits per heavy atom. The average molecular weight is 479 g/mol. The van der Waals surface area contributed by atoms with Crippen LogP contribution in [0.3, 0.4) is 0 Å². The number of thiol groups is 1. The van der Waals surface area contributed by atoms with Gasteiger partial charge in [-0.1, -0.05) is 54.6 Å². The van der Waals surface area contributed by atoms with Crippen molar-refractivity contribution in [3.05, 3.63) is 95.6 Å². The highest BCUT2D eigenvalue weighted by Crippen LogP contribution is 2.44. The standard InChI is InChI=1S/C29H34O4S/c1-21(30)34-28-11-7-10-27(20-28)33-29(22-8-5-4-6-9-22,23-12-16-25(31-2)17-13-23)24-14-18-26(32-3)19-15-24/h4-6,8-9,12-19,27-28,30,34H,7,10-11,20H2,1-3H3. The van der Waals surface area contributed by atoms with E-state index in [9.17, 15) is 5.11 Å². The Kier molecular flexibility index (Phi) is 8.09. The van der Waals surface area contributed by atoms with Crippen LogP contribution in [0.1, 0.15) is 49.3 Å². The topological polar surface area (TPSA) is 47.9 Å². The van der Waals surface area contributed by atoms with Gasteiger partial charge in [0.15, 0.2) is 0 Å². The van der Waals surface area contributed by atoms with Gasteiger partial charge in [0.2, 0.25) is 0 Å². The van der Waals surface area contributed by atoms with Crippen LogP contribution in [0.2, 0.25) is 0 Å². The Balaban J connectivity index is 1.85. The summed E-state index contributed by atoms with van der Waals surface area (Å²) in [5.41, 5.74) is 2.39. The zero-order chi connectivity index (χ0) is 24.0. The highest BCUT2D eigenvalue weighted by atomic mass is 32.1. The van der Waals surface area contributed by atoms with Crippen molar-refractivity contribution in [2.75, 3.05) is 14.2 Å². The van der Waals surface area contributed by atoms with Crippen LogP contribution in [0, 0.1) is 0 Å². The fraction of sp³-hybridized carbons (Fsp3) is 0.345. The van der Waals surface area contributed by atoms with Crippen molar-refractivity contribution in [3.8, 4) is 11.5 Å². The summed E-state index contributed by atoms with van der Waals surface area (Å²) in [6.45, 7) is 1.79. The lowest BCUT2D eigenvalue weighted by atomic mass is 9.79. The molecule has 1 fully saturated rings. The van der Waals surface area contributed by atoms with Gasteiger partial charge in [-0.2, -0.15) is 11.4 Å². The minimum Gasteiger partial charge on any atom is -0.497 e.